The molecule has 7 heavy (non-hydrogen) atoms. The summed E-state index contributed by atoms with van der Waals surface area (Å²) in [7, 11) is 0. The third kappa shape index (κ3) is 10.7. The van der Waals surface area contributed by atoms with Crippen LogP contribution in [0, 0.1) is 0 Å². The molecule has 0 atom stereocenters. The van der Waals surface area contributed by atoms with Crippen molar-refractivity contribution in [1.82, 2.24) is 0 Å². The summed E-state index contributed by atoms with van der Waals surface area (Å²) in [5.74, 6) is 0. The van der Waals surface area contributed by atoms with Crippen molar-refractivity contribution in [2.45, 2.75) is 6.92 Å². The molecule has 0 aromatic carbocycles. The first-order valence-corrected chi connectivity index (χ1v) is 2.13. The third-order valence-electron chi connectivity index (χ3n) is 0.348. The van der Waals surface area contributed by atoms with Gasteiger partial charge in [-0.05, 0) is 13.0 Å². The molecule has 0 unspecified atom stereocenters. The molecule has 42 valence electrons. The molecule has 0 heterocycles. The first kappa shape index (κ1) is 10.1. The molecule has 0 aliphatic heterocycles. The molecule has 0 bridgehead atoms. The van der Waals surface area contributed by atoms with E-state index in [4.69, 9.17) is 11.6 Å². The molecule has 2 heteroatoms. The van der Waals surface area contributed by atoms with E-state index < -0.39 is 0 Å². The van der Waals surface area contributed by atoms with Gasteiger partial charge in [0, 0.05) is 5.54 Å². The summed E-state index contributed by atoms with van der Waals surface area (Å²) in [5.41, 5.74) is 2.42. The van der Waals surface area contributed by atoms with Gasteiger partial charge in [0.1, 0.15) is 0 Å². The minimum atomic E-state index is 0. The van der Waals surface area contributed by atoms with Gasteiger partial charge in [0.05, 0.1) is 0 Å². The topological polar surface area (TPSA) is 0 Å². The molecule has 0 radical (unpaired) electrons. The maximum Gasteiger partial charge on any atom is 0.00448 e. The fourth-order valence-corrected chi connectivity index (χ4v) is 0.323. The summed E-state index contributed by atoms with van der Waals surface area (Å²) >= 11 is 5.16. The van der Waals surface area contributed by atoms with Gasteiger partial charge in [-0.25, -0.2) is 0 Å². The minimum absolute atomic E-state index is 0. The molecule has 0 spiro atoms. The van der Waals surface area contributed by atoms with E-state index in [1.165, 1.54) is 5.54 Å². The summed E-state index contributed by atoms with van der Waals surface area (Å²) in [4.78, 5) is 0. The smallest absolute Gasteiger partial charge is 0.00448 e. The van der Waals surface area contributed by atoms with Gasteiger partial charge in [0.2, 0.25) is 0 Å². The maximum atomic E-state index is 5.16. The summed E-state index contributed by atoms with van der Waals surface area (Å²) in [6.45, 7) is 5.46. The third-order valence-corrected chi connectivity index (χ3v) is 0.474. The normalized spacial score (nSPS) is 8.29. The second-order valence-corrected chi connectivity index (χ2v) is 1.39. The molecule has 0 amide bonds. The summed E-state index contributed by atoms with van der Waals surface area (Å²) in [6.07, 6.45) is 1.74. The second kappa shape index (κ2) is 6.06. The Hall–Kier alpha value is 0.0600. The largest absolute Gasteiger partial charge is 0.147 e. The van der Waals surface area contributed by atoms with Crippen LogP contribution in [0.2, 0.25) is 0 Å². The molecule has 0 aromatic heterocycles. The molecule has 0 aliphatic carbocycles. The van der Waals surface area contributed by atoms with E-state index in [-0.39, 0.29) is 12.4 Å². The van der Waals surface area contributed by atoms with Crippen LogP contribution in [0.5, 0.6) is 0 Å². The zero-order chi connectivity index (χ0) is 4.99. The van der Waals surface area contributed by atoms with E-state index in [9.17, 15) is 0 Å². The Morgan fingerprint density at radius 1 is 1.71 bits per heavy atom. The fourth-order valence-electron chi connectivity index (χ4n) is 0.108. The highest BCUT2D eigenvalue weighted by molar-refractivity contribution is 6.25. The number of allylic oxidation sites excluding steroid dienone is 2. The van der Waals surface area contributed by atoms with Crippen LogP contribution in [-0.2, 0) is 0 Å². The first-order chi connectivity index (χ1) is 2.77. The highest BCUT2D eigenvalue weighted by Gasteiger charge is 1.65. The summed E-state index contributed by atoms with van der Waals surface area (Å²) in [5, 5.41) is 0. The van der Waals surface area contributed by atoms with Gasteiger partial charge in [-0.15, -0.1) is 12.4 Å². The highest BCUT2D eigenvalue weighted by Crippen LogP contribution is 1.88. The van der Waals surface area contributed by atoms with Gasteiger partial charge in [-0.1, -0.05) is 23.8 Å². The molecule has 0 saturated heterocycles. The van der Waals surface area contributed by atoms with E-state index in [0.717, 1.165) is 5.57 Å². The van der Waals surface area contributed by atoms with Crippen LogP contribution in [0.3, 0.4) is 0 Å². The highest BCUT2D eigenvalue weighted by atomic mass is 35.5. The van der Waals surface area contributed by atoms with E-state index in [1.54, 1.807) is 6.08 Å². The summed E-state index contributed by atoms with van der Waals surface area (Å²) in [6, 6.07) is 0. The van der Waals surface area contributed by atoms with Crippen molar-refractivity contribution in [3.8, 4) is 0 Å². The van der Waals surface area contributed by atoms with Crippen molar-refractivity contribution >= 4 is 24.0 Å². The molecule has 0 rings (SSSR count). The quantitative estimate of drug-likeness (QED) is 0.490. The average Bonchev–Trinajstić information content (AvgIpc) is 1.35. The monoisotopic (exact) mass is 138 g/mol. The maximum absolute atomic E-state index is 5.16. The van der Waals surface area contributed by atoms with Gasteiger partial charge in [0.25, 0.3) is 0 Å². The van der Waals surface area contributed by atoms with Crippen molar-refractivity contribution in [2.24, 2.45) is 0 Å². The molecule has 0 nitrogen and oxygen atoms in total. The van der Waals surface area contributed by atoms with Crippen molar-refractivity contribution in [1.29, 1.82) is 0 Å². The Morgan fingerprint density at radius 2 is 2.14 bits per heavy atom. The molecule has 0 aliphatic rings. The number of hydrogen-bond donors (Lipinski definition) is 0. The van der Waals surface area contributed by atoms with E-state index >= 15 is 0 Å². The van der Waals surface area contributed by atoms with Crippen LogP contribution >= 0.6 is 24.0 Å². The Kier molecular flexibility index (Phi) is 8.77. The average molecular weight is 139 g/mol. The Morgan fingerprint density at radius 3 is 2.14 bits per heavy atom. The van der Waals surface area contributed by atoms with Gasteiger partial charge in [-0.2, -0.15) is 0 Å². The number of hydrogen-bond acceptors (Lipinski definition) is 0. The zero-order valence-electron chi connectivity index (χ0n) is 4.15. The van der Waals surface area contributed by atoms with Crippen LogP contribution in [0.1, 0.15) is 6.92 Å². The second-order valence-electron chi connectivity index (χ2n) is 1.14. The Labute approximate surface area is 55.3 Å². The lowest BCUT2D eigenvalue weighted by molar-refractivity contribution is 1.57. The van der Waals surface area contributed by atoms with Crippen LogP contribution in [-0.4, -0.2) is 0 Å². The lowest BCUT2D eigenvalue weighted by Crippen LogP contribution is -1.52. The van der Waals surface area contributed by atoms with E-state index in [2.05, 4.69) is 6.58 Å². The number of halogens is 2. The van der Waals surface area contributed by atoms with Crippen molar-refractivity contribution in [3.05, 3.63) is 23.8 Å². The van der Waals surface area contributed by atoms with Gasteiger partial charge in [0.15, 0.2) is 0 Å². The zero-order valence-corrected chi connectivity index (χ0v) is 5.72. The van der Waals surface area contributed by atoms with Crippen molar-refractivity contribution < 1.29 is 0 Å². The lowest BCUT2D eigenvalue weighted by Gasteiger charge is -1.74. The fraction of sp³-hybridized carbons (Fsp3) is 0.200. The molecule has 0 aromatic rings. The van der Waals surface area contributed by atoms with Crippen LogP contribution in [0.15, 0.2) is 23.8 Å². The minimum Gasteiger partial charge on any atom is -0.147 e. The van der Waals surface area contributed by atoms with Crippen LogP contribution in [0.25, 0.3) is 0 Å². The molecule has 0 saturated carbocycles. The van der Waals surface area contributed by atoms with Gasteiger partial charge < -0.3 is 0 Å². The Bertz CT molecular complexity index is 74.1. The van der Waals surface area contributed by atoms with Crippen LogP contribution < -0.4 is 0 Å². The molecular formula is C5H8Cl2. The van der Waals surface area contributed by atoms with Crippen molar-refractivity contribution in [3.63, 3.8) is 0 Å². The van der Waals surface area contributed by atoms with E-state index in [1.807, 2.05) is 6.92 Å². The lowest BCUT2D eigenvalue weighted by atomic mass is 10.4. The van der Waals surface area contributed by atoms with Gasteiger partial charge >= 0.3 is 0 Å². The van der Waals surface area contributed by atoms with Gasteiger partial charge in [-0.3, -0.25) is 0 Å². The number of rotatable bonds is 1. The SMILES string of the molecule is C=C(C)C=CCl.Cl. The van der Waals surface area contributed by atoms with Crippen LogP contribution in [0.4, 0.5) is 0 Å². The first-order valence-electron chi connectivity index (χ1n) is 1.69. The standard InChI is InChI=1S/C5H7Cl.ClH/c1-5(2)3-4-6;/h3-4H,1H2,2H3;1H. The molecule has 0 fully saturated rings. The van der Waals surface area contributed by atoms with E-state index in [0.29, 0.717) is 0 Å². The summed E-state index contributed by atoms with van der Waals surface area (Å²) < 4.78 is 0. The molecule has 0 N–H and O–H groups in total. The van der Waals surface area contributed by atoms with Crippen molar-refractivity contribution in [2.75, 3.05) is 0 Å². The molecular weight excluding hydrogens is 131 g/mol. The Balaban J connectivity index is 0. The predicted octanol–water partition coefficient (Wildman–Crippen LogP) is 2.74. The predicted molar refractivity (Wildman–Crippen MR) is 37.1 cm³/mol.